The van der Waals surface area contributed by atoms with Crippen LogP contribution in [0.2, 0.25) is 5.02 Å². The van der Waals surface area contributed by atoms with Crippen LogP contribution in [-0.2, 0) is 15.9 Å². The van der Waals surface area contributed by atoms with Gasteiger partial charge in [0.25, 0.3) is 0 Å². The minimum atomic E-state index is -0.556. The van der Waals surface area contributed by atoms with Crippen molar-refractivity contribution in [2.75, 3.05) is 13.2 Å². The van der Waals surface area contributed by atoms with E-state index in [0.717, 1.165) is 16.7 Å². The number of amides is 1. The Balaban J connectivity index is 1.72. The maximum atomic E-state index is 12.0. The lowest BCUT2D eigenvalue weighted by atomic mass is 9.99. The van der Waals surface area contributed by atoms with E-state index in [9.17, 15) is 9.59 Å². The van der Waals surface area contributed by atoms with Crippen molar-refractivity contribution in [2.45, 2.75) is 45.8 Å². The third kappa shape index (κ3) is 5.45. The second-order valence-corrected chi connectivity index (χ2v) is 8.48. The van der Waals surface area contributed by atoms with Crippen LogP contribution in [0.25, 0.3) is 11.1 Å². The molecule has 1 aliphatic heterocycles. The molecule has 7 heteroatoms. The molecule has 0 radical (unpaired) electrons. The first-order chi connectivity index (χ1) is 14.2. The fourth-order valence-electron chi connectivity index (χ4n) is 3.22. The van der Waals surface area contributed by atoms with Crippen LogP contribution in [0.4, 0.5) is 4.79 Å². The Morgan fingerprint density at radius 1 is 1.20 bits per heavy atom. The lowest BCUT2D eigenvalue weighted by molar-refractivity contribution is 0.0502. The molecule has 1 amide bonds. The zero-order chi connectivity index (χ0) is 21.9. The maximum Gasteiger partial charge on any atom is 0.407 e. The van der Waals surface area contributed by atoms with Crippen LogP contribution in [0.15, 0.2) is 36.4 Å². The number of benzene rings is 2. The summed E-state index contributed by atoms with van der Waals surface area (Å²) in [4.78, 5) is 23.9. The van der Waals surface area contributed by atoms with Crippen molar-refractivity contribution in [1.82, 2.24) is 5.32 Å². The van der Waals surface area contributed by atoms with Gasteiger partial charge in [-0.15, -0.1) is 0 Å². The van der Waals surface area contributed by atoms with Crippen LogP contribution < -0.4 is 10.1 Å². The Hall–Kier alpha value is -2.73. The molecular formula is C23H26ClNO5. The highest BCUT2D eigenvalue weighted by atomic mass is 35.5. The molecule has 30 heavy (non-hydrogen) atoms. The lowest BCUT2D eigenvalue weighted by Gasteiger charge is -2.20. The van der Waals surface area contributed by atoms with Gasteiger partial charge in [0.05, 0.1) is 23.7 Å². The predicted octanol–water partition coefficient (Wildman–Crippen LogP) is 5.01. The van der Waals surface area contributed by atoms with E-state index in [1.807, 2.05) is 45.0 Å². The van der Waals surface area contributed by atoms with Crippen molar-refractivity contribution < 1.29 is 23.8 Å². The Labute approximate surface area is 181 Å². The minimum Gasteiger partial charge on any atom is -0.486 e. The molecular weight excluding hydrogens is 406 g/mol. The van der Waals surface area contributed by atoms with Crippen LogP contribution in [0, 0.1) is 0 Å². The number of carbonyl (C=O) groups excluding carboxylic acids is 2. The Morgan fingerprint density at radius 2 is 1.97 bits per heavy atom. The molecule has 0 spiro atoms. The van der Waals surface area contributed by atoms with E-state index in [2.05, 4.69) is 5.32 Å². The van der Waals surface area contributed by atoms with Gasteiger partial charge in [-0.25, -0.2) is 9.59 Å². The molecule has 2 aromatic rings. The molecule has 0 aromatic heterocycles. The normalized spacial score (nSPS) is 15.2. The zero-order valence-corrected chi connectivity index (χ0v) is 18.3. The van der Waals surface area contributed by atoms with Gasteiger partial charge in [0.2, 0.25) is 0 Å². The van der Waals surface area contributed by atoms with E-state index in [1.54, 1.807) is 19.1 Å². The molecule has 2 aromatic carbocycles. The van der Waals surface area contributed by atoms with Gasteiger partial charge < -0.3 is 19.5 Å². The smallest absolute Gasteiger partial charge is 0.407 e. The largest absolute Gasteiger partial charge is 0.486 e. The van der Waals surface area contributed by atoms with E-state index < -0.39 is 11.7 Å². The number of esters is 1. The fourth-order valence-corrected chi connectivity index (χ4v) is 3.50. The molecule has 0 saturated heterocycles. The predicted molar refractivity (Wildman–Crippen MR) is 115 cm³/mol. The molecule has 6 nitrogen and oxygen atoms in total. The van der Waals surface area contributed by atoms with Gasteiger partial charge in [-0.2, -0.15) is 0 Å². The highest BCUT2D eigenvalue weighted by Gasteiger charge is 2.27. The molecule has 1 aliphatic rings. The van der Waals surface area contributed by atoms with Crippen molar-refractivity contribution in [3.8, 4) is 16.9 Å². The third-order valence-corrected chi connectivity index (χ3v) is 4.71. The maximum absolute atomic E-state index is 12.0. The average molecular weight is 432 g/mol. The summed E-state index contributed by atoms with van der Waals surface area (Å²) in [5.41, 5.74) is 2.63. The molecule has 1 atom stereocenters. The quantitative estimate of drug-likeness (QED) is 0.673. The van der Waals surface area contributed by atoms with Crippen LogP contribution in [0.3, 0.4) is 0 Å². The number of ether oxygens (including phenoxy) is 3. The summed E-state index contributed by atoms with van der Waals surface area (Å²) in [6.45, 7) is 7.85. The van der Waals surface area contributed by atoms with Crippen molar-refractivity contribution in [2.24, 2.45) is 0 Å². The molecule has 1 heterocycles. The van der Waals surface area contributed by atoms with Gasteiger partial charge in [0.1, 0.15) is 17.5 Å². The van der Waals surface area contributed by atoms with Crippen molar-refractivity contribution in [3.63, 3.8) is 0 Å². The Kier molecular flexibility index (Phi) is 6.56. The first kappa shape index (κ1) is 22.0. The SMILES string of the molecule is CCOC(=O)c1cccc(-c2cc(Cl)c3c(c2)CC(CNC(=O)OC(C)(C)C)O3)c1. The molecule has 0 bridgehead atoms. The van der Waals surface area contributed by atoms with Gasteiger partial charge in [-0.1, -0.05) is 23.7 Å². The van der Waals surface area contributed by atoms with Gasteiger partial charge in [0, 0.05) is 12.0 Å². The van der Waals surface area contributed by atoms with Gasteiger partial charge in [-0.3, -0.25) is 0 Å². The van der Waals surface area contributed by atoms with Gasteiger partial charge in [0.15, 0.2) is 0 Å². The van der Waals surface area contributed by atoms with Gasteiger partial charge >= 0.3 is 12.1 Å². The second-order valence-electron chi connectivity index (χ2n) is 8.07. The lowest BCUT2D eigenvalue weighted by Crippen LogP contribution is -2.38. The number of rotatable bonds is 5. The summed E-state index contributed by atoms with van der Waals surface area (Å²) in [5.74, 6) is 0.265. The first-order valence-corrected chi connectivity index (χ1v) is 10.3. The molecule has 0 aliphatic carbocycles. The number of halogens is 1. The van der Waals surface area contributed by atoms with E-state index >= 15 is 0 Å². The number of hydrogen-bond donors (Lipinski definition) is 1. The first-order valence-electron chi connectivity index (χ1n) is 9.89. The molecule has 0 saturated carbocycles. The average Bonchev–Trinajstić information content (AvgIpc) is 3.09. The topological polar surface area (TPSA) is 73.9 Å². The van der Waals surface area contributed by atoms with Crippen molar-refractivity contribution in [3.05, 3.63) is 52.5 Å². The van der Waals surface area contributed by atoms with E-state index in [1.165, 1.54) is 0 Å². The molecule has 3 rings (SSSR count). The third-order valence-electron chi connectivity index (χ3n) is 4.43. The minimum absolute atomic E-state index is 0.230. The number of fused-ring (bicyclic) bond motifs is 1. The summed E-state index contributed by atoms with van der Waals surface area (Å²) in [6.07, 6.45) is -0.105. The summed E-state index contributed by atoms with van der Waals surface area (Å²) < 4.78 is 16.3. The highest BCUT2D eigenvalue weighted by Crippen LogP contribution is 2.39. The molecule has 1 N–H and O–H groups in total. The molecule has 160 valence electrons. The van der Waals surface area contributed by atoms with Crippen LogP contribution in [-0.4, -0.2) is 36.9 Å². The number of hydrogen-bond acceptors (Lipinski definition) is 5. The number of alkyl carbamates (subject to hydrolysis) is 1. The monoisotopic (exact) mass is 431 g/mol. The van der Waals surface area contributed by atoms with Gasteiger partial charge in [-0.05, 0) is 63.1 Å². The second kappa shape index (κ2) is 8.96. The van der Waals surface area contributed by atoms with Crippen LogP contribution >= 0.6 is 11.6 Å². The highest BCUT2D eigenvalue weighted by molar-refractivity contribution is 6.32. The standard InChI is InChI=1S/C23H26ClNO5/c1-5-28-21(26)15-8-6-7-14(9-15)16-10-17-11-18(29-20(17)19(24)12-16)13-25-22(27)30-23(2,3)4/h6-10,12,18H,5,11,13H2,1-4H3,(H,25,27). The Morgan fingerprint density at radius 3 is 2.67 bits per heavy atom. The Bertz CT molecular complexity index is 951. The van der Waals surface area contributed by atoms with Crippen LogP contribution in [0.1, 0.15) is 43.6 Å². The zero-order valence-electron chi connectivity index (χ0n) is 17.6. The van der Waals surface area contributed by atoms with Crippen LogP contribution in [0.5, 0.6) is 5.75 Å². The number of nitrogens with one attached hydrogen (secondary N) is 1. The fraction of sp³-hybridized carbons (Fsp3) is 0.391. The van der Waals surface area contributed by atoms with Crippen molar-refractivity contribution in [1.29, 1.82) is 0 Å². The van der Waals surface area contributed by atoms with E-state index in [4.69, 9.17) is 25.8 Å². The van der Waals surface area contributed by atoms with E-state index in [-0.39, 0.29) is 12.1 Å². The summed E-state index contributed by atoms with van der Waals surface area (Å²) in [5, 5.41) is 3.22. The summed E-state index contributed by atoms with van der Waals surface area (Å²) in [7, 11) is 0. The summed E-state index contributed by atoms with van der Waals surface area (Å²) >= 11 is 6.46. The number of carbonyl (C=O) groups is 2. The van der Waals surface area contributed by atoms with Crippen molar-refractivity contribution >= 4 is 23.7 Å². The summed E-state index contributed by atoms with van der Waals surface area (Å²) in [6, 6.07) is 11.0. The van der Waals surface area contributed by atoms with E-state index in [0.29, 0.717) is 35.9 Å². The molecule has 0 fully saturated rings. The molecule has 1 unspecified atom stereocenters.